The molecule has 0 aromatic rings. The molecule has 1 saturated carbocycles. The molecule has 1 rings (SSSR count). The SMILES string of the molecule is C=CC[C@@H]1C[C@](CC=C)(C(=O)OC)C(=O)C(C(C)=O)C1(C)C. The van der Waals surface area contributed by atoms with Gasteiger partial charge in [0.15, 0.2) is 5.78 Å². The summed E-state index contributed by atoms with van der Waals surface area (Å²) in [5.74, 6) is -1.94. The number of esters is 1. The van der Waals surface area contributed by atoms with E-state index in [1.54, 1.807) is 12.2 Å². The molecule has 1 aliphatic carbocycles. The van der Waals surface area contributed by atoms with E-state index in [1.165, 1.54) is 14.0 Å². The van der Waals surface area contributed by atoms with E-state index >= 15 is 0 Å². The van der Waals surface area contributed by atoms with Gasteiger partial charge in [0, 0.05) is 0 Å². The first-order valence-corrected chi connectivity index (χ1v) is 7.54. The number of ketones is 2. The molecule has 1 unspecified atom stereocenters. The van der Waals surface area contributed by atoms with Gasteiger partial charge in [0.05, 0.1) is 13.0 Å². The molecular weight excluding hydrogens is 280 g/mol. The van der Waals surface area contributed by atoms with Crippen LogP contribution in [0.5, 0.6) is 0 Å². The molecule has 0 aromatic heterocycles. The van der Waals surface area contributed by atoms with Crippen molar-refractivity contribution >= 4 is 17.5 Å². The third kappa shape index (κ3) is 2.79. The topological polar surface area (TPSA) is 60.4 Å². The summed E-state index contributed by atoms with van der Waals surface area (Å²) < 4.78 is 4.89. The highest BCUT2D eigenvalue weighted by molar-refractivity contribution is 6.14. The lowest BCUT2D eigenvalue weighted by molar-refractivity contribution is -0.170. The maximum Gasteiger partial charge on any atom is 0.319 e. The molecule has 1 aliphatic rings. The van der Waals surface area contributed by atoms with E-state index in [1.807, 2.05) is 13.8 Å². The number of carbonyl (C=O) groups is 3. The summed E-state index contributed by atoms with van der Waals surface area (Å²) in [4.78, 5) is 37.6. The van der Waals surface area contributed by atoms with Crippen LogP contribution < -0.4 is 0 Å². The molecule has 122 valence electrons. The largest absolute Gasteiger partial charge is 0.468 e. The number of allylic oxidation sites excluding steroid dienone is 2. The third-order valence-corrected chi connectivity index (χ3v) is 5.05. The minimum Gasteiger partial charge on any atom is -0.468 e. The van der Waals surface area contributed by atoms with Crippen molar-refractivity contribution in [1.29, 1.82) is 0 Å². The molecule has 0 heterocycles. The molecule has 3 atom stereocenters. The minimum atomic E-state index is -1.31. The van der Waals surface area contributed by atoms with E-state index in [2.05, 4.69) is 13.2 Å². The first kappa shape index (κ1) is 18.3. The molecule has 0 radical (unpaired) electrons. The number of ether oxygens (including phenoxy) is 1. The summed E-state index contributed by atoms with van der Waals surface area (Å²) in [6.45, 7) is 12.7. The highest BCUT2D eigenvalue weighted by Crippen LogP contribution is 2.53. The molecule has 4 nitrogen and oxygen atoms in total. The Morgan fingerprint density at radius 1 is 1.32 bits per heavy atom. The Balaban J connectivity index is 3.49. The summed E-state index contributed by atoms with van der Waals surface area (Å²) in [5, 5.41) is 0. The van der Waals surface area contributed by atoms with Crippen molar-refractivity contribution in [3.8, 4) is 0 Å². The summed E-state index contributed by atoms with van der Waals surface area (Å²) >= 11 is 0. The van der Waals surface area contributed by atoms with Crippen molar-refractivity contribution in [2.24, 2.45) is 22.7 Å². The van der Waals surface area contributed by atoms with Gasteiger partial charge in [0.25, 0.3) is 0 Å². The summed E-state index contributed by atoms with van der Waals surface area (Å²) in [7, 11) is 1.27. The number of hydrogen-bond donors (Lipinski definition) is 0. The molecule has 0 saturated heterocycles. The predicted octanol–water partition coefficient (Wildman–Crippen LogP) is 3.12. The van der Waals surface area contributed by atoms with E-state index in [4.69, 9.17) is 4.74 Å². The van der Waals surface area contributed by atoms with Crippen LogP contribution in [0.4, 0.5) is 0 Å². The van der Waals surface area contributed by atoms with Gasteiger partial charge in [-0.2, -0.15) is 0 Å². The van der Waals surface area contributed by atoms with Gasteiger partial charge in [-0.25, -0.2) is 0 Å². The van der Waals surface area contributed by atoms with Crippen LogP contribution in [-0.4, -0.2) is 24.6 Å². The van der Waals surface area contributed by atoms with Crippen LogP contribution in [-0.2, 0) is 19.1 Å². The average molecular weight is 306 g/mol. The molecule has 22 heavy (non-hydrogen) atoms. The monoisotopic (exact) mass is 306 g/mol. The second kappa shape index (κ2) is 6.59. The predicted molar refractivity (Wildman–Crippen MR) is 85.1 cm³/mol. The highest BCUT2D eigenvalue weighted by Gasteiger charge is 2.60. The highest BCUT2D eigenvalue weighted by atomic mass is 16.5. The van der Waals surface area contributed by atoms with Crippen LogP contribution in [0.3, 0.4) is 0 Å². The van der Waals surface area contributed by atoms with E-state index in [0.29, 0.717) is 12.8 Å². The van der Waals surface area contributed by atoms with Gasteiger partial charge >= 0.3 is 5.97 Å². The summed E-state index contributed by atoms with van der Waals surface area (Å²) in [5.41, 5.74) is -1.83. The van der Waals surface area contributed by atoms with Crippen LogP contribution in [0.1, 0.15) is 40.0 Å². The molecule has 0 spiro atoms. The first-order valence-electron chi connectivity index (χ1n) is 7.54. The van der Waals surface area contributed by atoms with Gasteiger partial charge in [-0.15, -0.1) is 13.2 Å². The fourth-order valence-corrected chi connectivity index (χ4v) is 3.82. The number of carbonyl (C=O) groups excluding carboxylic acids is 3. The maximum absolute atomic E-state index is 13.0. The van der Waals surface area contributed by atoms with Crippen LogP contribution in [0.25, 0.3) is 0 Å². The fourth-order valence-electron chi connectivity index (χ4n) is 3.82. The summed E-state index contributed by atoms with van der Waals surface area (Å²) in [6, 6.07) is 0. The van der Waals surface area contributed by atoms with Crippen LogP contribution in [0.15, 0.2) is 25.3 Å². The number of hydrogen-bond acceptors (Lipinski definition) is 4. The zero-order chi connectivity index (χ0) is 17.1. The smallest absolute Gasteiger partial charge is 0.319 e. The average Bonchev–Trinajstić information content (AvgIpc) is 2.43. The number of methoxy groups -OCH3 is 1. The third-order valence-electron chi connectivity index (χ3n) is 5.05. The Hall–Kier alpha value is -1.71. The van der Waals surface area contributed by atoms with Gasteiger partial charge in [0.1, 0.15) is 11.2 Å². The van der Waals surface area contributed by atoms with Gasteiger partial charge in [0.2, 0.25) is 0 Å². The van der Waals surface area contributed by atoms with Crippen LogP contribution in [0, 0.1) is 22.7 Å². The van der Waals surface area contributed by atoms with Gasteiger partial charge in [-0.1, -0.05) is 26.0 Å². The molecule has 0 aliphatic heterocycles. The molecule has 0 amide bonds. The van der Waals surface area contributed by atoms with Crippen LogP contribution in [0.2, 0.25) is 0 Å². The number of Topliss-reactive ketones (excluding diaryl/α,β-unsaturated/α-hetero) is 2. The molecule has 1 fully saturated rings. The quantitative estimate of drug-likeness (QED) is 0.430. The van der Waals surface area contributed by atoms with Crippen molar-refractivity contribution in [1.82, 2.24) is 0 Å². The zero-order valence-electron chi connectivity index (χ0n) is 14.0. The Morgan fingerprint density at radius 2 is 1.91 bits per heavy atom. The molecule has 0 aromatic carbocycles. The summed E-state index contributed by atoms with van der Waals surface area (Å²) in [6.07, 6.45) is 4.50. The normalized spacial score (nSPS) is 30.5. The standard InChI is InChI=1S/C18H26O4/c1-7-9-13-11-18(10-8-2,16(21)22-6)15(20)14(12(3)19)17(13,4)5/h7-8,13-14H,1-2,9-11H2,3-6H3/t13-,14?,18+/m1/s1. The fraction of sp³-hybridized carbons (Fsp3) is 0.611. The minimum absolute atomic E-state index is 0.00403. The van der Waals surface area contributed by atoms with E-state index in [9.17, 15) is 14.4 Å². The Morgan fingerprint density at radius 3 is 2.32 bits per heavy atom. The Bertz CT molecular complexity index is 503. The second-order valence-electron chi connectivity index (χ2n) is 6.72. The number of rotatable bonds is 6. The van der Waals surface area contributed by atoms with Crippen molar-refractivity contribution in [3.63, 3.8) is 0 Å². The van der Waals surface area contributed by atoms with Crippen molar-refractivity contribution in [2.75, 3.05) is 7.11 Å². The molecule has 0 N–H and O–H groups in total. The van der Waals surface area contributed by atoms with Gasteiger partial charge in [-0.05, 0) is 37.5 Å². The van der Waals surface area contributed by atoms with E-state index < -0.39 is 22.7 Å². The van der Waals surface area contributed by atoms with Crippen LogP contribution >= 0.6 is 0 Å². The Labute approximate surface area is 132 Å². The van der Waals surface area contributed by atoms with Gasteiger partial charge < -0.3 is 4.74 Å². The Kier molecular flexibility index (Phi) is 5.49. The van der Waals surface area contributed by atoms with E-state index in [-0.39, 0.29) is 23.9 Å². The zero-order valence-corrected chi connectivity index (χ0v) is 14.0. The molecule has 4 heteroatoms. The lowest BCUT2D eigenvalue weighted by Gasteiger charge is -2.49. The van der Waals surface area contributed by atoms with Crippen molar-refractivity contribution in [2.45, 2.75) is 40.0 Å². The second-order valence-corrected chi connectivity index (χ2v) is 6.72. The molecular formula is C18H26O4. The molecule has 0 bridgehead atoms. The lowest BCUT2D eigenvalue weighted by atomic mass is 9.51. The van der Waals surface area contributed by atoms with Gasteiger partial charge in [-0.3, -0.25) is 14.4 Å². The van der Waals surface area contributed by atoms with E-state index in [0.717, 1.165) is 0 Å². The maximum atomic E-state index is 13.0. The lowest BCUT2D eigenvalue weighted by Crippen LogP contribution is -2.57. The van der Waals surface area contributed by atoms with Crippen molar-refractivity contribution < 1.29 is 19.1 Å². The van der Waals surface area contributed by atoms with Crippen molar-refractivity contribution in [3.05, 3.63) is 25.3 Å². The first-order chi connectivity index (χ1) is 10.2.